The van der Waals surface area contributed by atoms with E-state index in [1.165, 1.54) is 19.1 Å². The Labute approximate surface area is 171 Å². The fraction of sp³-hybridized carbons (Fsp3) is 0.200. The van der Waals surface area contributed by atoms with Crippen molar-refractivity contribution < 1.29 is 23.7 Å². The second-order valence-corrected chi connectivity index (χ2v) is 6.25. The van der Waals surface area contributed by atoms with Crippen molar-refractivity contribution in [2.45, 2.75) is 20.8 Å². The van der Waals surface area contributed by atoms with Gasteiger partial charge in [-0.2, -0.15) is 0 Å². The van der Waals surface area contributed by atoms with Crippen molar-refractivity contribution in [3.05, 3.63) is 63.4 Å². The Hall–Kier alpha value is -4.08. The number of nitro benzene ring substituents is 1. The number of aryl methyl sites for hydroxylation is 1. The Morgan fingerprint density at radius 1 is 1.20 bits per heavy atom. The van der Waals surface area contributed by atoms with Crippen molar-refractivity contribution in [1.82, 2.24) is 10.2 Å². The number of Topliss-reactive ketones (excluding diaryl/α,β-unsaturated/α-hetero) is 1. The largest absolute Gasteiger partial charge is 0.462 e. The minimum atomic E-state index is -0.691. The average molecular weight is 410 g/mol. The number of nitrogens with zero attached hydrogens (tertiary/aromatic N) is 3. The van der Waals surface area contributed by atoms with Gasteiger partial charge in [-0.25, -0.2) is 4.79 Å². The Morgan fingerprint density at radius 2 is 1.97 bits per heavy atom. The predicted octanol–water partition coefficient (Wildman–Crippen LogP) is 4.08. The lowest BCUT2D eigenvalue weighted by molar-refractivity contribution is -0.384. The van der Waals surface area contributed by atoms with Gasteiger partial charge >= 0.3 is 5.97 Å². The fourth-order valence-electron chi connectivity index (χ4n) is 2.90. The van der Waals surface area contributed by atoms with Gasteiger partial charge in [0.1, 0.15) is 11.3 Å². The second-order valence-electron chi connectivity index (χ2n) is 6.25. The minimum absolute atomic E-state index is 0.00795. The number of benzene rings is 1. The molecule has 0 bridgehead atoms. The fourth-order valence-corrected chi connectivity index (χ4v) is 2.90. The first-order chi connectivity index (χ1) is 14.3. The molecule has 0 saturated carbocycles. The van der Waals surface area contributed by atoms with Crippen LogP contribution >= 0.6 is 0 Å². The van der Waals surface area contributed by atoms with E-state index < -0.39 is 10.9 Å². The molecule has 0 spiro atoms. The van der Waals surface area contributed by atoms with Crippen LogP contribution in [0.15, 0.2) is 40.8 Å². The van der Waals surface area contributed by atoms with E-state index in [0.29, 0.717) is 11.3 Å². The van der Waals surface area contributed by atoms with Crippen molar-refractivity contribution in [2.24, 2.45) is 0 Å². The number of nitrogens with one attached hydrogen (secondary N) is 1. The zero-order valence-electron chi connectivity index (χ0n) is 16.5. The molecule has 154 valence electrons. The maximum atomic E-state index is 12.4. The smallest absolute Gasteiger partial charge is 0.344 e. The van der Waals surface area contributed by atoms with Crippen molar-refractivity contribution in [3.8, 4) is 11.3 Å². The van der Waals surface area contributed by atoms with Gasteiger partial charge in [-0.15, -0.1) is 10.2 Å². The first-order valence-corrected chi connectivity index (χ1v) is 8.98. The highest BCUT2D eigenvalue weighted by molar-refractivity contribution is 6.09. The summed E-state index contributed by atoms with van der Waals surface area (Å²) in [7, 11) is 0. The van der Waals surface area contributed by atoms with Gasteiger partial charge in [0.2, 0.25) is 5.88 Å². The van der Waals surface area contributed by atoms with Crippen LogP contribution in [0.5, 0.6) is 0 Å². The number of ketones is 1. The third-order valence-electron chi connectivity index (χ3n) is 4.17. The number of aromatic nitrogens is 2. The molecule has 1 aromatic carbocycles. The molecule has 0 atom stereocenters. The number of furan rings is 1. The van der Waals surface area contributed by atoms with E-state index in [2.05, 4.69) is 15.5 Å². The van der Waals surface area contributed by atoms with Crippen LogP contribution in [0.4, 0.5) is 17.4 Å². The zero-order valence-corrected chi connectivity index (χ0v) is 16.5. The van der Waals surface area contributed by atoms with Gasteiger partial charge in [0, 0.05) is 17.7 Å². The summed E-state index contributed by atoms with van der Waals surface area (Å²) in [5.41, 5.74) is 1.03. The summed E-state index contributed by atoms with van der Waals surface area (Å²) in [6.45, 7) is 4.70. The van der Waals surface area contributed by atoms with Gasteiger partial charge in [-0.05, 0) is 32.9 Å². The second kappa shape index (κ2) is 8.52. The molecule has 0 radical (unpaired) electrons. The quantitative estimate of drug-likeness (QED) is 0.264. The molecule has 0 aliphatic rings. The van der Waals surface area contributed by atoms with Gasteiger partial charge in [0.05, 0.1) is 22.8 Å². The van der Waals surface area contributed by atoms with Gasteiger partial charge in [0.15, 0.2) is 11.6 Å². The molecule has 0 saturated heterocycles. The van der Waals surface area contributed by atoms with E-state index >= 15 is 0 Å². The molecule has 0 fully saturated rings. The lowest BCUT2D eigenvalue weighted by Crippen LogP contribution is -2.11. The van der Waals surface area contributed by atoms with Gasteiger partial charge in [-0.3, -0.25) is 14.9 Å². The molecule has 2 heterocycles. The summed E-state index contributed by atoms with van der Waals surface area (Å²) in [6.07, 6.45) is 0. The standard InChI is InChI=1S/C20H18N4O6/c1-4-29-20(26)18-17(11(2)25)12(3)30-19(18)21-16-9-8-15(22-23-16)13-6-5-7-14(10-13)24(27)28/h5-10H,4H2,1-3H3,(H,21,23). The third kappa shape index (κ3) is 4.17. The normalized spacial score (nSPS) is 10.5. The molecular weight excluding hydrogens is 392 g/mol. The molecule has 10 nitrogen and oxygen atoms in total. The SMILES string of the molecule is CCOC(=O)c1c(Nc2ccc(-c3cccc([N+](=O)[O-])c3)nn2)oc(C)c1C(C)=O. The highest BCUT2D eigenvalue weighted by Gasteiger charge is 2.28. The van der Waals surface area contributed by atoms with Crippen LogP contribution in [0.1, 0.15) is 40.3 Å². The van der Waals surface area contributed by atoms with Gasteiger partial charge in [-0.1, -0.05) is 12.1 Å². The van der Waals surface area contributed by atoms with Gasteiger partial charge < -0.3 is 14.5 Å². The number of ether oxygens (including phenoxy) is 1. The summed E-state index contributed by atoms with van der Waals surface area (Å²) in [6, 6.07) is 9.20. The maximum absolute atomic E-state index is 12.4. The summed E-state index contributed by atoms with van der Waals surface area (Å²) in [5.74, 6) is -0.482. The molecule has 0 aliphatic carbocycles. The molecule has 0 amide bonds. The van der Waals surface area contributed by atoms with Crippen molar-refractivity contribution in [3.63, 3.8) is 0 Å². The number of rotatable bonds is 7. The number of non-ortho nitro benzene ring substituents is 1. The van der Waals surface area contributed by atoms with E-state index in [1.54, 1.807) is 38.1 Å². The van der Waals surface area contributed by atoms with E-state index in [9.17, 15) is 19.7 Å². The summed E-state index contributed by atoms with van der Waals surface area (Å²) >= 11 is 0. The molecule has 10 heteroatoms. The minimum Gasteiger partial charge on any atom is -0.462 e. The van der Waals surface area contributed by atoms with Crippen LogP contribution in [0.25, 0.3) is 11.3 Å². The van der Waals surface area contributed by atoms with Crippen molar-refractivity contribution in [1.29, 1.82) is 0 Å². The van der Waals surface area contributed by atoms with Crippen LogP contribution in [-0.4, -0.2) is 33.5 Å². The topological polar surface area (TPSA) is 137 Å². The van der Waals surface area contributed by atoms with Crippen LogP contribution in [0.3, 0.4) is 0 Å². The van der Waals surface area contributed by atoms with Crippen molar-refractivity contribution in [2.75, 3.05) is 11.9 Å². The molecule has 0 unspecified atom stereocenters. The first kappa shape index (κ1) is 20.6. The Balaban J connectivity index is 1.91. The predicted molar refractivity (Wildman–Crippen MR) is 107 cm³/mol. The summed E-state index contributed by atoms with van der Waals surface area (Å²) < 4.78 is 10.6. The zero-order chi connectivity index (χ0) is 21.8. The molecule has 1 N–H and O–H groups in total. The lowest BCUT2D eigenvalue weighted by Gasteiger charge is -2.06. The Morgan fingerprint density at radius 3 is 2.57 bits per heavy atom. The van der Waals surface area contributed by atoms with E-state index in [0.717, 1.165) is 0 Å². The summed E-state index contributed by atoms with van der Waals surface area (Å²) in [5, 5.41) is 21.9. The Bertz CT molecular complexity index is 1120. The number of anilines is 2. The molecule has 0 aliphatic heterocycles. The number of hydrogen-bond acceptors (Lipinski definition) is 9. The number of nitro groups is 1. The molecular formula is C20H18N4O6. The molecule has 2 aromatic heterocycles. The maximum Gasteiger partial charge on any atom is 0.344 e. The van der Waals surface area contributed by atoms with E-state index in [-0.39, 0.29) is 46.7 Å². The van der Waals surface area contributed by atoms with Crippen LogP contribution < -0.4 is 5.32 Å². The Kier molecular flexibility index (Phi) is 5.86. The first-order valence-electron chi connectivity index (χ1n) is 8.98. The molecule has 3 rings (SSSR count). The third-order valence-corrected chi connectivity index (χ3v) is 4.17. The average Bonchev–Trinajstić information content (AvgIpc) is 3.04. The highest BCUT2D eigenvalue weighted by atomic mass is 16.6. The number of carbonyl (C=O) groups is 2. The van der Waals surface area contributed by atoms with Crippen LogP contribution in [0.2, 0.25) is 0 Å². The molecule has 30 heavy (non-hydrogen) atoms. The van der Waals surface area contributed by atoms with Crippen LogP contribution in [-0.2, 0) is 4.74 Å². The van der Waals surface area contributed by atoms with E-state index in [1.807, 2.05) is 0 Å². The molecule has 3 aromatic rings. The summed E-state index contributed by atoms with van der Waals surface area (Å²) in [4.78, 5) is 34.8. The van der Waals surface area contributed by atoms with Crippen LogP contribution in [0, 0.1) is 17.0 Å². The van der Waals surface area contributed by atoms with Crippen molar-refractivity contribution >= 4 is 29.1 Å². The lowest BCUT2D eigenvalue weighted by atomic mass is 10.1. The van der Waals surface area contributed by atoms with Gasteiger partial charge in [0.25, 0.3) is 5.69 Å². The number of esters is 1. The number of hydrogen-bond donors (Lipinski definition) is 1. The number of carbonyl (C=O) groups excluding carboxylic acids is 2. The monoisotopic (exact) mass is 410 g/mol. The highest BCUT2D eigenvalue weighted by Crippen LogP contribution is 2.31. The van der Waals surface area contributed by atoms with E-state index in [4.69, 9.17) is 9.15 Å².